The molecule has 1 heterocycles. The first-order valence-corrected chi connectivity index (χ1v) is 7.74. The minimum atomic E-state index is -0.478. The second-order valence-corrected chi connectivity index (χ2v) is 5.35. The van der Waals surface area contributed by atoms with Gasteiger partial charge in [-0.1, -0.05) is 12.1 Å². The number of para-hydroxylation sites is 2. The summed E-state index contributed by atoms with van der Waals surface area (Å²) in [6.07, 6.45) is 0.147. The molecule has 0 radical (unpaired) electrons. The SMILES string of the molecule is CCN(C(=O)CCn1c(=O)oc2ccccc21)c1ccc(F)cc1. The first kappa shape index (κ1) is 16.0. The van der Waals surface area contributed by atoms with Crippen molar-refractivity contribution in [3.63, 3.8) is 0 Å². The molecular weight excluding hydrogens is 311 g/mol. The quantitative estimate of drug-likeness (QED) is 0.723. The summed E-state index contributed by atoms with van der Waals surface area (Å²) in [5, 5.41) is 0. The summed E-state index contributed by atoms with van der Waals surface area (Å²) in [7, 11) is 0. The van der Waals surface area contributed by atoms with Gasteiger partial charge in [-0.3, -0.25) is 9.36 Å². The lowest BCUT2D eigenvalue weighted by atomic mass is 10.2. The predicted octanol–water partition coefficient (Wildman–Crippen LogP) is 3.18. The van der Waals surface area contributed by atoms with E-state index in [1.165, 1.54) is 16.7 Å². The first-order chi connectivity index (χ1) is 11.6. The molecule has 0 N–H and O–H groups in total. The van der Waals surface area contributed by atoms with E-state index in [0.29, 0.717) is 23.3 Å². The van der Waals surface area contributed by atoms with Gasteiger partial charge in [-0.05, 0) is 43.3 Å². The van der Waals surface area contributed by atoms with Crippen molar-refractivity contribution in [2.75, 3.05) is 11.4 Å². The van der Waals surface area contributed by atoms with Crippen molar-refractivity contribution in [2.24, 2.45) is 0 Å². The smallest absolute Gasteiger partial charge is 0.408 e. The van der Waals surface area contributed by atoms with Crippen LogP contribution in [0.5, 0.6) is 0 Å². The molecular formula is C18H17FN2O3. The van der Waals surface area contributed by atoms with Gasteiger partial charge < -0.3 is 9.32 Å². The molecule has 0 saturated carbocycles. The molecule has 24 heavy (non-hydrogen) atoms. The fourth-order valence-electron chi connectivity index (χ4n) is 2.69. The van der Waals surface area contributed by atoms with Gasteiger partial charge in [0.1, 0.15) is 5.82 Å². The highest BCUT2D eigenvalue weighted by atomic mass is 19.1. The Kier molecular flexibility index (Phi) is 4.46. The molecule has 3 rings (SSSR count). The van der Waals surface area contributed by atoms with E-state index >= 15 is 0 Å². The summed E-state index contributed by atoms with van der Waals surface area (Å²) >= 11 is 0. The zero-order valence-corrected chi connectivity index (χ0v) is 13.2. The van der Waals surface area contributed by atoms with Crippen molar-refractivity contribution < 1.29 is 13.6 Å². The number of rotatable bonds is 5. The molecule has 0 bridgehead atoms. The van der Waals surface area contributed by atoms with Crippen molar-refractivity contribution in [1.82, 2.24) is 4.57 Å². The lowest BCUT2D eigenvalue weighted by Crippen LogP contribution is -2.32. The number of carbonyl (C=O) groups excluding carboxylic acids is 1. The molecule has 0 saturated heterocycles. The third-order valence-corrected chi connectivity index (χ3v) is 3.88. The number of carbonyl (C=O) groups is 1. The minimum Gasteiger partial charge on any atom is -0.408 e. The standard InChI is InChI=1S/C18H17FN2O3/c1-2-20(14-9-7-13(19)8-10-14)17(22)11-12-21-15-5-3-4-6-16(15)24-18(21)23/h3-10H,2,11-12H2,1H3. The first-order valence-electron chi connectivity index (χ1n) is 7.74. The number of aromatic nitrogens is 1. The van der Waals surface area contributed by atoms with Gasteiger partial charge in [0.15, 0.2) is 5.58 Å². The third kappa shape index (κ3) is 3.08. The number of amides is 1. The number of hydrogen-bond donors (Lipinski definition) is 0. The minimum absolute atomic E-state index is 0.138. The molecule has 0 spiro atoms. The van der Waals surface area contributed by atoms with Crippen molar-refractivity contribution in [2.45, 2.75) is 19.9 Å². The van der Waals surface area contributed by atoms with Crippen LogP contribution in [0.1, 0.15) is 13.3 Å². The molecule has 5 nitrogen and oxygen atoms in total. The summed E-state index contributed by atoms with van der Waals surface area (Å²) in [5.74, 6) is -0.964. The Morgan fingerprint density at radius 1 is 1.17 bits per heavy atom. The average Bonchev–Trinajstić information content (AvgIpc) is 2.90. The Morgan fingerprint density at radius 3 is 2.58 bits per heavy atom. The number of halogens is 1. The number of benzene rings is 2. The van der Waals surface area contributed by atoms with Crippen LogP contribution in [0.4, 0.5) is 10.1 Å². The number of oxazole rings is 1. The second kappa shape index (κ2) is 6.70. The lowest BCUT2D eigenvalue weighted by molar-refractivity contribution is -0.118. The van der Waals surface area contributed by atoms with Crippen molar-refractivity contribution in [3.05, 3.63) is 64.9 Å². The predicted molar refractivity (Wildman–Crippen MR) is 89.5 cm³/mol. The summed E-state index contributed by atoms with van der Waals surface area (Å²) in [6.45, 7) is 2.54. The molecule has 2 aromatic carbocycles. The van der Waals surface area contributed by atoms with Crippen LogP contribution in [0.3, 0.4) is 0 Å². The van der Waals surface area contributed by atoms with Gasteiger partial charge in [0, 0.05) is 25.2 Å². The Morgan fingerprint density at radius 2 is 1.88 bits per heavy atom. The van der Waals surface area contributed by atoms with Gasteiger partial charge in [0.05, 0.1) is 5.52 Å². The van der Waals surface area contributed by atoms with E-state index in [-0.39, 0.29) is 24.7 Å². The monoisotopic (exact) mass is 328 g/mol. The molecule has 0 unspecified atom stereocenters. The fraction of sp³-hybridized carbons (Fsp3) is 0.222. The molecule has 124 valence electrons. The van der Waals surface area contributed by atoms with Crippen LogP contribution in [0, 0.1) is 5.82 Å². The number of hydrogen-bond acceptors (Lipinski definition) is 3. The van der Waals surface area contributed by atoms with Gasteiger partial charge in [0.25, 0.3) is 0 Å². The zero-order valence-electron chi connectivity index (χ0n) is 13.2. The van der Waals surface area contributed by atoms with E-state index in [1.54, 1.807) is 35.2 Å². The largest absolute Gasteiger partial charge is 0.419 e. The summed E-state index contributed by atoms with van der Waals surface area (Å²) in [4.78, 5) is 26.0. The molecule has 3 aromatic rings. The second-order valence-electron chi connectivity index (χ2n) is 5.35. The van der Waals surface area contributed by atoms with E-state index < -0.39 is 5.76 Å². The highest BCUT2D eigenvalue weighted by Gasteiger charge is 2.16. The highest BCUT2D eigenvalue weighted by Crippen LogP contribution is 2.17. The van der Waals surface area contributed by atoms with Crippen LogP contribution in [0.15, 0.2) is 57.7 Å². The maximum Gasteiger partial charge on any atom is 0.419 e. The Bertz CT molecular complexity index is 912. The number of fused-ring (bicyclic) bond motifs is 1. The van der Waals surface area contributed by atoms with Crippen LogP contribution in [0.25, 0.3) is 11.1 Å². The molecule has 1 aromatic heterocycles. The maximum atomic E-state index is 13.0. The van der Waals surface area contributed by atoms with Gasteiger partial charge >= 0.3 is 5.76 Å². The average molecular weight is 328 g/mol. The van der Waals surface area contributed by atoms with Gasteiger partial charge in [0.2, 0.25) is 5.91 Å². The van der Waals surface area contributed by atoms with Crippen molar-refractivity contribution in [3.8, 4) is 0 Å². The molecule has 0 aliphatic carbocycles. The summed E-state index contributed by atoms with van der Waals surface area (Å²) < 4.78 is 19.6. The van der Waals surface area contributed by atoms with Crippen LogP contribution < -0.4 is 10.7 Å². The summed E-state index contributed by atoms with van der Waals surface area (Å²) in [5.41, 5.74) is 1.80. The normalized spacial score (nSPS) is 10.9. The van der Waals surface area contributed by atoms with Crippen LogP contribution in [-0.2, 0) is 11.3 Å². The number of nitrogens with zero attached hydrogens (tertiary/aromatic N) is 2. The molecule has 6 heteroatoms. The van der Waals surface area contributed by atoms with Gasteiger partial charge in [-0.2, -0.15) is 0 Å². The van der Waals surface area contributed by atoms with Crippen LogP contribution in [0.2, 0.25) is 0 Å². The lowest BCUT2D eigenvalue weighted by Gasteiger charge is -2.21. The van der Waals surface area contributed by atoms with Gasteiger partial charge in [-0.15, -0.1) is 0 Å². The topological polar surface area (TPSA) is 55.5 Å². The number of aryl methyl sites for hydroxylation is 1. The molecule has 0 aliphatic rings. The molecule has 1 amide bonds. The highest BCUT2D eigenvalue weighted by molar-refractivity contribution is 5.93. The Balaban J connectivity index is 1.77. The molecule has 0 aliphatic heterocycles. The Labute approximate surface area is 137 Å². The van der Waals surface area contributed by atoms with Crippen molar-refractivity contribution >= 4 is 22.7 Å². The third-order valence-electron chi connectivity index (χ3n) is 3.88. The Hall–Kier alpha value is -2.89. The van der Waals surface area contributed by atoms with E-state index in [9.17, 15) is 14.0 Å². The van der Waals surface area contributed by atoms with E-state index in [1.807, 2.05) is 13.0 Å². The van der Waals surface area contributed by atoms with Crippen LogP contribution in [-0.4, -0.2) is 17.0 Å². The van der Waals surface area contributed by atoms with E-state index in [2.05, 4.69) is 0 Å². The fourth-order valence-corrected chi connectivity index (χ4v) is 2.69. The van der Waals surface area contributed by atoms with Gasteiger partial charge in [-0.25, -0.2) is 9.18 Å². The zero-order chi connectivity index (χ0) is 17.1. The number of anilines is 1. The van der Waals surface area contributed by atoms with E-state index in [4.69, 9.17) is 4.42 Å². The van der Waals surface area contributed by atoms with Crippen molar-refractivity contribution in [1.29, 1.82) is 0 Å². The molecule has 0 fully saturated rings. The summed E-state index contributed by atoms with van der Waals surface area (Å²) in [6, 6.07) is 12.9. The molecule has 0 atom stereocenters. The maximum absolute atomic E-state index is 13.0. The van der Waals surface area contributed by atoms with Crippen LogP contribution >= 0.6 is 0 Å². The van der Waals surface area contributed by atoms with E-state index in [0.717, 1.165) is 0 Å².